The van der Waals surface area contributed by atoms with E-state index < -0.39 is 0 Å². The molecule has 0 bridgehead atoms. The van der Waals surface area contributed by atoms with E-state index >= 15 is 0 Å². The molecule has 0 aromatic carbocycles. The van der Waals surface area contributed by atoms with Crippen LogP contribution in [0.25, 0.3) is 11.0 Å². The second-order valence-corrected chi connectivity index (χ2v) is 6.12. The van der Waals surface area contributed by atoms with Gasteiger partial charge in [0.2, 0.25) is 5.95 Å². The molecule has 23 heavy (non-hydrogen) atoms. The number of fused-ring (bicyclic) bond motifs is 1. The van der Waals surface area contributed by atoms with Crippen LogP contribution in [0, 0.1) is 5.92 Å². The molecule has 0 saturated carbocycles. The quantitative estimate of drug-likeness (QED) is 0.810. The van der Waals surface area contributed by atoms with Gasteiger partial charge in [-0.3, -0.25) is 4.68 Å². The van der Waals surface area contributed by atoms with Gasteiger partial charge in [-0.2, -0.15) is 15.1 Å². The second-order valence-electron chi connectivity index (χ2n) is 6.12. The van der Waals surface area contributed by atoms with Crippen molar-refractivity contribution in [3.63, 3.8) is 0 Å². The van der Waals surface area contributed by atoms with Crippen LogP contribution >= 0.6 is 0 Å². The Morgan fingerprint density at radius 2 is 2.30 bits per heavy atom. The van der Waals surface area contributed by atoms with E-state index in [0.29, 0.717) is 17.7 Å². The van der Waals surface area contributed by atoms with E-state index in [-0.39, 0.29) is 0 Å². The van der Waals surface area contributed by atoms with Gasteiger partial charge in [0.1, 0.15) is 5.82 Å². The van der Waals surface area contributed by atoms with E-state index in [0.717, 1.165) is 43.8 Å². The van der Waals surface area contributed by atoms with Gasteiger partial charge in [0.05, 0.1) is 18.2 Å². The molecule has 2 aromatic rings. The van der Waals surface area contributed by atoms with Crippen LogP contribution in [0.15, 0.2) is 6.20 Å². The zero-order valence-electron chi connectivity index (χ0n) is 13.8. The fourth-order valence-electron chi connectivity index (χ4n) is 3.10. The molecule has 126 valence electrons. The van der Waals surface area contributed by atoms with Crippen molar-refractivity contribution in [2.45, 2.75) is 12.8 Å². The van der Waals surface area contributed by atoms with Crippen molar-refractivity contribution < 1.29 is 4.74 Å². The minimum absolute atomic E-state index is 0.468. The summed E-state index contributed by atoms with van der Waals surface area (Å²) in [6.07, 6.45) is 4.14. The largest absolute Gasteiger partial charge is 0.383 e. The summed E-state index contributed by atoms with van der Waals surface area (Å²) in [6.45, 7) is 4.88. The normalized spacial score (nSPS) is 19.3. The Balaban J connectivity index is 1.60. The lowest BCUT2D eigenvalue weighted by Crippen LogP contribution is -2.39. The maximum Gasteiger partial charge on any atom is 0.226 e. The zero-order chi connectivity index (χ0) is 16.2. The number of aromatic nitrogens is 4. The first kappa shape index (κ1) is 15.9. The molecule has 1 atom stereocenters. The second kappa shape index (κ2) is 7.10. The predicted molar refractivity (Wildman–Crippen MR) is 90.2 cm³/mol. The molecule has 3 rings (SSSR count). The number of methoxy groups -OCH3 is 1. The standard InChI is InChI=1S/C15H25N7O/c1-21-14-12(9-18-21)13(16)19-15(20-14)17-8-11-4-3-5-22(10-11)6-7-23-2/h9,11H,3-8,10H2,1-2H3,(H3,16,17,19,20)/t11-/m1/s1. The average molecular weight is 319 g/mol. The summed E-state index contributed by atoms with van der Waals surface area (Å²) < 4.78 is 6.88. The third-order valence-electron chi connectivity index (χ3n) is 4.39. The molecule has 3 N–H and O–H groups in total. The van der Waals surface area contributed by atoms with Crippen molar-refractivity contribution in [1.82, 2.24) is 24.6 Å². The smallest absolute Gasteiger partial charge is 0.226 e. The van der Waals surface area contributed by atoms with E-state index in [4.69, 9.17) is 10.5 Å². The Kier molecular flexibility index (Phi) is 4.92. The molecule has 1 saturated heterocycles. The van der Waals surface area contributed by atoms with Crippen LogP contribution < -0.4 is 11.1 Å². The number of aryl methyl sites for hydroxylation is 1. The molecule has 1 fully saturated rings. The maximum atomic E-state index is 5.99. The van der Waals surface area contributed by atoms with Gasteiger partial charge >= 0.3 is 0 Å². The molecule has 1 aliphatic heterocycles. The third kappa shape index (κ3) is 3.70. The van der Waals surface area contributed by atoms with Gasteiger partial charge in [0.15, 0.2) is 5.65 Å². The number of nitrogens with two attached hydrogens (primary N) is 1. The molecular formula is C15H25N7O. The van der Waals surface area contributed by atoms with E-state index in [1.807, 2.05) is 7.05 Å². The molecule has 8 heteroatoms. The van der Waals surface area contributed by atoms with Gasteiger partial charge in [0, 0.05) is 33.8 Å². The first-order valence-electron chi connectivity index (χ1n) is 8.07. The first-order chi connectivity index (χ1) is 11.2. The lowest BCUT2D eigenvalue weighted by Gasteiger charge is -2.32. The van der Waals surface area contributed by atoms with Crippen LogP contribution in [0.3, 0.4) is 0 Å². The minimum Gasteiger partial charge on any atom is -0.383 e. The Labute approximate surface area is 136 Å². The Bertz CT molecular complexity index is 657. The van der Waals surface area contributed by atoms with Crippen molar-refractivity contribution in [2.24, 2.45) is 13.0 Å². The molecule has 0 radical (unpaired) electrons. The molecule has 2 aromatic heterocycles. The first-order valence-corrected chi connectivity index (χ1v) is 8.07. The predicted octanol–water partition coefficient (Wildman–Crippen LogP) is 0.716. The highest BCUT2D eigenvalue weighted by Gasteiger charge is 2.20. The highest BCUT2D eigenvalue weighted by molar-refractivity contribution is 5.86. The maximum absolute atomic E-state index is 5.99. The van der Waals surface area contributed by atoms with E-state index in [2.05, 4.69) is 25.3 Å². The molecule has 1 aliphatic rings. The average Bonchev–Trinajstić information content (AvgIpc) is 2.93. The number of nitrogen functional groups attached to an aromatic ring is 1. The van der Waals surface area contributed by atoms with Gasteiger partial charge in [-0.25, -0.2) is 0 Å². The van der Waals surface area contributed by atoms with E-state index in [9.17, 15) is 0 Å². The molecule has 0 aliphatic carbocycles. The number of rotatable bonds is 6. The molecule has 8 nitrogen and oxygen atoms in total. The molecule has 3 heterocycles. The van der Waals surface area contributed by atoms with Crippen molar-refractivity contribution >= 4 is 22.8 Å². The fraction of sp³-hybridized carbons (Fsp3) is 0.667. The number of piperidine rings is 1. The highest BCUT2D eigenvalue weighted by atomic mass is 16.5. The van der Waals surface area contributed by atoms with E-state index in [1.165, 1.54) is 12.8 Å². The lowest BCUT2D eigenvalue weighted by molar-refractivity contribution is 0.117. The van der Waals surface area contributed by atoms with Gasteiger partial charge < -0.3 is 20.7 Å². The summed E-state index contributed by atoms with van der Waals surface area (Å²) in [5.41, 5.74) is 6.74. The van der Waals surface area contributed by atoms with Gasteiger partial charge in [-0.1, -0.05) is 0 Å². The Morgan fingerprint density at radius 1 is 1.43 bits per heavy atom. The zero-order valence-corrected chi connectivity index (χ0v) is 13.8. The Morgan fingerprint density at radius 3 is 3.13 bits per heavy atom. The lowest BCUT2D eigenvalue weighted by atomic mass is 9.98. The van der Waals surface area contributed by atoms with Crippen LogP contribution in [0.1, 0.15) is 12.8 Å². The topological polar surface area (TPSA) is 94.1 Å². The van der Waals surface area contributed by atoms with Gasteiger partial charge in [-0.15, -0.1) is 0 Å². The van der Waals surface area contributed by atoms with E-state index in [1.54, 1.807) is 18.0 Å². The monoisotopic (exact) mass is 319 g/mol. The summed E-state index contributed by atoms with van der Waals surface area (Å²) in [6, 6.07) is 0. The van der Waals surface area contributed by atoms with Crippen LogP contribution in [0.2, 0.25) is 0 Å². The summed E-state index contributed by atoms with van der Waals surface area (Å²) in [5, 5.41) is 8.31. The number of ether oxygens (including phenoxy) is 1. The number of anilines is 2. The summed E-state index contributed by atoms with van der Waals surface area (Å²) >= 11 is 0. The van der Waals surface area contributed by atoms with Crippen molar-refractivity contribution in [1.29, 1.82) is 0 Å². The van der Waals surface area contributed by atoms with Crippen molar-refractivity contribution in [2.75, 3.05) is 50.9 Å². The molecule has 0 unspecified atom stereocenters. The number of nitrogens with zero attached hydrogens (tertiary/aromatic N) is 5. The fourth-order valence-corrected chi connectivity index (χ4v) is 3.10. The Hall–Kier alpha value is -1.93. The van der Waals surface area contributed by atoms with Crippen LogP contribution in [0.5, 0.6) is 0 Å². The SMILES string of the molecule is COCCN1CCC[C@H](CNc2nc(N)c3cnn(C)c3n2)C1. The van der Waals surface area contributed by atoms with Crippen LogP contribution in [0.4, 0.5) is 11.8 Å². The highest BCUT2D eigenvalue weighted by Crippen LogP contribution is 2.20. The summed E-state index contributed by atoms with van der Waals surface area (Å²) in [7, 11) is 3.60. The summed E-state index contributed by atoms with van der Waals surface area (Å²) in [5.74, 6) is 1.64. The van der Waals surface area contributed by atoms with Crippen LogP contribution in [-0.2, 0) is 11.8 Å². The van der Waals surface area contributed by atoms with Crippen molar-refractivity contribution in [3.8, 4) is 0 Å². The third-order valence-corrected chi connectivity index (χ3v) is 4.39. The van der Waals surface area contributed by atoms with Crippen molar-refractivity contribution in [3.05, 3.63) is 6.20 Å². The number of hydrogen-bond acceptors (Lipinski definition) is 7. The summed E-state index contributed by atoms with van der Waals surface area (Å²) in [4.78, 5) is 11.3. The van der Waals surface area contributed by atoms with Gasteiger partial charge in [-0.05, 0) is 25.3 Å². The van der Waals surface area contributed by atoms with Crippen LogP contribution in [-0.4, -0.2) is 64.5 Å². The minimum atomic E-state index is 0.468. The molecular weight excluding hydrogens is 294 g/mol. The molecule has 0 amide bonds. The van der Waals surface area contributed by atoms with Gasteiger partial charge in [0.25, 0.3) is 0 Å². The number of hydrogen-bond donors (Lipinski definition) is 2. The molecule has 0 spiro atoms. The number of nitrogens with one attached hydrogen (secondary N) is 1. The number of likely N-dealkylation sites (tertiary alicyclic amines) is 1.